The molecule has 0 radical (unpaired) electrons. The average Bonchev–Trinajstić information content (AvgIpc) is 2.37. The van der Waals surface area contributed by atoms with E-state index in [1.54, 1.807) is 0 Å². The predicted octanol–water partition coefficient (Wildman–Crippen LogP) is 5.26. The minimum absolute atomic E-state index is 0.295. The van der Waals surface area contributed by atoms with E-state index in [-0.39, 0.29) is 5.60 Å². The molecule has 1 aliphatic heterocycles. The molecular weight excluding hydrogens is 260 g/mol. The molecule has 0 amide bonds. The summed E-state index contributed by atoms with van der Waals surface area (Å²) in [5.74, 6) is 1.12. The number of phenols is 1. The van der Waals surface area contributed by atoms with E-state index in [9.17, 15) is 5.11 Å². The van der Waals surface area contributed by atoms with Crippen LogP contribution in [0.1, 0.15) is 58.1 Å². The molecule has 0 unspecified atom stereocenters. The fourth-order valence-electron chi connectivity index (χ4n) is 2.68. The summed E-state index contributed by atoms with van der Waals surface area (Å²) in [4.78, 5) is 0. The Balaban J connectivity index is 2.20. The summed E-state index contributed by atoms with van der Waals surface area (Å²) in [6, 6.07) is 3.92. The molecule has 2 rings (SSSR count). The van der Waals surface area contributed by atoms with Crippen LogP contribution in [0.5, 0.6) is 11.5 Å². The Bertz CT molecular complexity index is 565. The van der Waals surface area contributed by atoms with Crippen LogP contribution in [-0.4, -0.2) is 10.7 Å². The highest BCUT2D eigenvalue weighted by Crippen LogP contribution is 2.39. The Morgan fingerprint density at radius 1 is 1.33 bits per heavy atom. The molecule has 21 heavy (non-hydrogen) atoms. The van der Waals surface area contributed by atoms with Gasteiger partial charge in [0.05, 0.1) is 5.56 Å². The first kappa shape index (κ1) is 15.7. The first-order chi connectivity index (χ1) is 9.93. The topological polar surface area (TPSA) is 29.5 Å². The van der Waals surface area contributed by atoms with Crippen LogP contribution >= 0.6 is 0 Å². The molecule has 0 spiro atoms. The molecule has 0 saturated carbocycles. The van der Waals surface area contributed by atoms with Crippen LogP contribution in [0.3, 0.4) is 0 Å². The summed E-state index contributed by atoms with van der Waals surface area (Å²) in [5.41, 5.74) is 2.97. The lowest BCUT2D eigenvalue weighted by molar-refractivity contribution is 0.128. The van der Waals surface area contributed by atoms with Crippen LogP contribution in [0.15, 0.2) is 29.9 Å². The van der Waals surface area contributed by atoms with Gasteiger partial charge in [0.25, 0.3) is 0 Å². The molecule has 0 fully saturated rings. The first-order valence-corrected chi connectivity index (χ1v) is 7.81. The van der Waals surface area contributed by atoms with Crippen molar-refractivity contribution in [1.82, 2.24) is 0 Å². The number of rotatable bonds is 5. The molecule has 1 aromatic carbocycles. The normalized spacial score (nSPS) is 19.8. The Kier molecular flexibility index (Phi) is 4.76. The maximum absolute atomic E-state index is 10.1. The lowest BCUT2D eigenvalue weighted by Gasteiger charge is -2.32. The van der Waals surface area contributed by atoms with Crippen molar-refractivity contribution in [3.8, 4) is 11.5 Å². The largest absolute Gasteiger partial charge is 0.507 e. The molecule has 1 N–H and O–H groups in total. The van der Waals surface area contributed by atoms with E-state index in [2.05, 4.69) is 45.9 Å². The minimum Gasteiger partial charge on any atom is -0.507 e. The Morgan fingerprint density at radius 3 is 2.76 bits per heavy atom. The van der Waals surface area contributed by atoms with Gasteiger partial charge < -0.3 is 9.84 Å². The molecule has 1 atom stereocenters. The lowest BCUT2D eigenvalue weighted by atomic mass is 9.93. The number of hydrogen-bond donors (Lipinski definition) is 1. The van der Waals surface area contributed by atoms with E-state index < -0.39 is 0 Å². The van der Waals surface area contributed by atoms with Gasteiger partial charge in [-0.25, -0.2) is 0 Å². The molecule has 2 nitrogen and oxygen atoms in total. The zero-order valence-corrected chi connectivity index (χ0v) is 13.6. The van der Waals surface area contributed by atoms with Crippen LogP contribution in [0.4, 0.5) is 0 Å². The molecule has 1 aromatic rings. The van der Waals surface area contributed by atoms with E-state index in [0.29, 0.717) is 5.75 Å². The highest BCUT2D eigenvalue weighted by atomic mass is 16.5. The quantitative estimate of drug-likeness (QED) is 0.748. The summed E-state index contributed by atoms with van der Waals surface area (Å²) >= 11 is 0. The van der Waals surface area contributed by atoms with Crippen LogP contribution in [0.2, 0.25) is 0 Å². The molecule has 0 bridgehead atoms. The van der Waals surface area contributed by atoms with Gasteiger partial charge in [-0.05, 0) is 69.9 Å². The standard InChI is InChI=1S/C19H26O2/c1-5-7-15-12-17(20)16-9-11-19(4,21-18(16)13-15)10-6-8-14(2)3/h8-9,11-13,20H,5-7,10H2,1-4H3/t19-/m1/s1. The fourth-order valence-corrected chi connectivity index (χ4v) is 2.68. The third kappa shape index (κ3) is 3.90. The van der Waals surface area contributed by atoms with Gasteiger partial charge >= 0.3 is 0 Å². The van der Waals surface area contributed by atoms with Crippen LogP contribution in [-0.2, 0) is 6.42 Å². The average molecular weight is 286 g/mol. The molecule has 114 valence electrons. The van der Waals surface area contributed by atoms with Crippen LogP contribution < -0.4 is 4.74 Å². The SMILES string of the molecule is CCCc1cc(O)c2c(c1)O[C@](C)(CCC=C(C)C)C=C2. The van der Waals surface area contributed by atoms with Gasteiger partial charge in [-0.15, -0.1) is 0 Å². The van der Waals surface area contributed by atoms with Gasteiger partial charge in [0.15, 0.2) is 0 Å². The molecule has 1 heterocycles. The summed E-state index contributed by atoms with van der Waals surface area (Å²) < 4.78 is 6.19. The van der Waals surface area contributed by atoms with E-state index in [1.165, 1.54) is 5.57 Å². The van der Waals surface area contributed by atoms with Crippen LogP contribution in [0, 0.1) is 0 Å². The second kappa shape index (κ2) is 6.38. The van der Waals surface area contributed by atoms with Crippen molar-refractivity contribution in [2.75, 3.05) is 0 Å². The number of allylic oxidation sites excluding steroid dienone is 2. The number of hydrogen-bond acceptors (Lipinski definition) is 2. The van der Waals surface area contributed by atoms with E-state index in [1.807, 2.05) is 12.1 Å². The fraction of sp³-hybridized carbons (Fsp3) is 0.474. The zero-order chi connectivity index (χ0) is 15.5. The number of benzene rings is 1. The van der Waals surface area contributed by atoms with E-state index >= 15 is 0 Å². The van der Waals surface area contributed by atoms with Gasteiger partial charge in [0, 0.05) is 0 Å². The van der Waals surface area contributed by atoms with Crippen LogP contribution in [0.25, 0.3) is 6.08 Å². The van der Waals surface area contributed by atoms with E-state index in [4.69, 9.17) is 4.74 Å². The molecule has 2 heteroatoms. The maximum atomic E-state index is 10.1. The number of aryl methyl sites for hydroxylation is 1. The summed E-state index contributed by atoms with van der Waals surface area (Å²) in [6.45, 7) is 8.48. The summed E-state index contributed by atoms with van der Waals surface area (Å²) in [7, 11) is 0. The lowest BCUT2D eigenvalue weighted by Crippen LogP contribution is -2.31. The van der Waals surface area contributed by atoms with Gasteiger partial charge in [-0.3, -0.25) is 0 Å². The Hall–Kier alpha value is -1.70. The molecular formula is C19H26O2. The van der Waals surface area contributed by atoms with Gasteiger partial charge in [0.1, 0.15) is 17.1 Å². The second-order valence-corrected chi connectivity index (χ2v) is 6.34. The second-order valence-electron chi connectivity index (χ2n) is 6.34. The number of aromatic hydroxyl groups is 1. The van der Waals surface area contributed by atoms with Gasteiger partial charge in [-0.2, -0.15) is 0 Å². The zero-order valence-electron chi connectivity index (χ0n) is 13.6. The molecule has 0 aromatic heterocycles. The van der Waals surface area contributed by atoms with Gasteiger partial charge in [0.2, 0.25) is 0 Å². The first-order valence-electron chi connectivity index (χ1n) is 7.81. The molecule has 0 saturated heterocycles. The number of phenolic OH excluding ortho intramolecular Hbond substituents is 1. The molecule has 0 aliphatic carbocycles. The highest BCUT2D eigenvalue weighted by Gasteiger charge is 2.28. The monoisotopic (exact) mass is 286 g/mol. The Labute approximate surface area is 128 Å². The summed E-state index contributed by atoms with van der Waals surface area (Å²) in [5, 5.41) is 10.1. The Morgan fingerprint density at radius 2 is 2.10 bits per heavy atom. The van der Waals surface area contributed by atoms with E-state index in [0.717, 1.165) is 42.6 Å². The summed E-state index contributed by atoms with van der Waals surface area (Å²) in [6.07, 6.45) is 10.3. The van der Waals surface area contributed by atoms with Crippen molar-refractivity contribution in [2.45, 2.75) is 59.0 Å². The van der Waals surface area contributed by atoms with Gasteiger partial charge in [-0.1, -0.05) is 25.0 Å². The van der Waals surface area contributed by atoms with Crippen molar-refractivity contribution in [1.29, 1.82) is 0 Å². The van der Waals surface area contributed by atoms with Crippen molar-refractivity contribution in [2.24, 2.45) is 0 Å². The van der Waals surface area contributed by atoms with Crippen molar-refractivity contribution >= 4 is 6.08 Å². The number of ether oxygens (including phenoxy) is 1. The van der Waals surface area contributed by atoms with Crippen molar-refractivity contribution < 1.29 is 9.84 Å². The molecule has 1 aliphatic rings. The third-order valence-corrected chi connectivity index (χ3v) is 3.86. The predicted molar refractivity (Wildman–Crippen MR) is 88.8 cm³/mol. The highest BCUT2D eigenvalue weighted by molar-refractivity contribution is 5.67. The van der Waals surface area contributed by atoms with Crippen molar-refractivity contribution in [3.05, 3.63) is 41.0 Å². The third-order valence-electron chi connectivity index (χ3n) is 3.86. The smallest absolute Gasteiger partial charge is 0.131 e. The number of fused-ring (bicyclic) bond motifs is 1. The minimum atomic E-state index is -0.295. The maximum Gasteiger partial charge on any atom is 0.131 e. The van der Waals surface area contributed by atoms with Crippen molar-refractivity contribution in [3.63, 3.8) is 0 Å².